The minimum atomic E-state index is 0.0633. The van der Waals surface area contributed by atoms with Crippen molar-refractivity contribution in [2.45, 2.75) is 49.8 Å². The summed E-state index contributed by atoms with van der Waals surface area (Å²) in [5.74, 6) is 1.58. The molecule has 3 rings (SSSR count). The van der Waals surface area contributed by atoms with Crippen LogP contribution in [0.25, 0.3) is 0 Å². The zero-order valence-corrected chi connectivity index (χ0v) is 11.8. The van der Waals surface area contributed by atoms with Crippen molar-refractivity contribution in [3.05, 3.63) is 0 Å². The van der Waals surface area contributed by atoms with E-state index in [9.17, 15) is 4.79 Å². The summed E-state index contributed by atoms with van der Waals surface area (Å²) in [6, 6.07) is 0.727. The lowest BCUT2D eigenvalue weighted by molar-refractivity contribution is -0.119. The van der Waals surface area contributed by atoms with Crippen molar-refractivity contribution in [1.82, 2.24) is 20.1 Å². The number of carbonyl (C=O) groups is 1. The summed E-state index contributed by atoms with van der Waals surface area (Å²) >= 11 is 1.42. The van der Waals surface area contributed by atoms with Gasteiger partial charge in [0.25, 0.3) is 0 Å². The quantitative estimate of drug-likeness (QED) is 0.765. The molecule has 0 unspecified atom stereocenters. The zero-order valence-electron chi connectivity index (χ0n) is 11.0. The first-order chi connectivity index (χ1) is 9.15. The third-order valence-electron chi connectivity index (χ3n) is 3.65. The molecule has 2 saturated carbocycles. The van der Waals surface area contributed by atoms with Crippen LogP contribution in [0, 0.1) is 5.92 Å². The Kier molecular flexibility index (Phi) is 3.38. The number of hydrogen-bond acceptors (Lipinski definition) is 5. The highest BCUT2D eigenvalue weighted by Crippen LogP contribution is 2.39. The average Bonchev–Trinajstić information content (AvgIpc) is 3.25. The molecule has 1 aromatic rings. The molecule has 0 aliphatic heterocycles. The van der Waals surface area contributed by atoms with Gasteiger partial charge in [-0.1, -0.05) is 11.8 Å². The highest BCUT2D eigenvalue weighted by atomic mass is 32.2. The van der Waals surface area contributed by atoms with Crippen LogP contribution in [0.3, 0.4) is 0 Å². The van der Waals surface area contributed by atoms with Crippen molar-refractivity contribution in [3.63, 3.8) is 0 Å². The van der Waals surface area contributed by atoms with Gasteiger partial charge in [-0.15, -0.1) is 10.2 Å². The van der Waals surface area contributed by atoms with Gasteiger partial charge in [0.1, 0.15) is 0 Å². The number of nitrogens with one attached hydrogen (secondary N) is 1. The molecule has 19 heavy (non-hydrogen) atoms. The molecule has 2 aliphatic carbocycles. The second-order valence-corrected chi connectivity index (χ2v) is 6.37. The Bertz CT molecular complexity index is 480. The van der Waals surface area contributed by atoms with E-state index < -0.39 is 0 Å². The van der Waals surface area contributed by atoms with Crippen LogP contribution in [-0.2, 0) is 4.79 Å². The van der Waals surface area contributed by atoms with Crippen molar-refractivity contribution in [1.29, 1.82) is 0 Å². The minimum Gasteiger partial charge on any atom is -0.368 e. The molecule has 104 valence electrons. The number of thioether (sulfide) groups is 1. The second kappa shape index (κ2) is 5.03. The molecule has 1 atom stereocenters. The van der Waals surface area contributed by atoms with Crippen molar-refractivity contribution >= 4 is 23.6 Å². The van der Waals surface area contributed by atoms with Gasteiger partial charge in [-0.25, -0.2) is 0 Å². The van der Waals surface area contributed by atoms with Gasteiger partial charge in [0.15, 0.2) is 5.16 Å². The summed E-state index contributed by atoms with van der Waals surface area (Å²) < 4.78 is 1.95. The van der Waals surface area contributed by atoms with Crippen LogP contribution in [0.15, 0.2) is 5.16 Å². The molecule has 3 N–H and O–H groups in total. The Balaban J connectivity index is 1.52. The smallest absolute Gasteiger partial charge is 0.230 e. The van der Waals surface area contributed by atoms with E-state index in [2.05, 4.69) is 22.4 Å². The molecular weight excluding hydrogens is 262 g/mol. The van der Waals surface area contributed by atoms with E-state index in [1.54, 1.807) is 0 Å². The molecule has 0 spiro atoms. The molecule has 1 aromatic heterocycles. The van der Waals surface area contributed by atoms with Crippen LogP contribution >= 0.6 is 11.8 Å². The normalized spacial score (nSPS) is 20.3. The molecule has 1 heterocycles. The van der Waals surface area contributed by atoms with Gasteiger partial charge >= 0.3 is 0 Å². The summed E-state index contributed by atoms with van der Waals surface area (Å²) in [4.78, 5) is 11.8. The summed E-state index contributed by atoms with van der Waals surface area (Å²) in [5, 5.41) is 11.7. The van der Waals surface area contributed by atoms with Crippen LogP contribution in [0.2, 0.25) is 0 Å². The van der Waals surface area contributed by atoms with E-state index in [0.717, 1.165) is 18.0 Å². The first-order valence-corrected chi connectivity index (χ1v) is 7.76. The fourth-order valence-corrected chi connectivity index (χ4v) is 3.03. The lowest BCUT2D eigenvalue weighted by Crippen LogP contribution is -2.35. The monoisotopic (exact) mass is 281 g/mol. The van der Waals surface area contributed by atoms with Crippen LogP contribution in [0.4, 0.5) is 5.95 Å². The van der Waals surface area contributed by atoms with E-state index in [4.69, 9.17) is 5.73 Å². The fraction of sp³-hybridized carbons (Fsp3) is 0.750. The number of nitrogen functional groups attached to an aromatic ring is 1. The zero-order chi connectivity index (χ0) is 13.4. The maximum Gasteiger partial charge on any atom is 0.230 e. The first-order valence-electron chi connectivity index (χ1n) is 6.77. The van der Waals surface area contributed by atoms with E-state index in [1.165, 1.54) is 24.6 Å². The molecule has 6 nitrogen and oxygen atoms in total. The molecule has 7 heteroatoms. The van der Waals surface area contributed by atoms with Crippen LogP contribution in [-0.4, -0.2) is 32.5 Å². The number of aromatic nitrogens is 3. The third-order valence-corrected chi connectivity index (χ3v) is 4.60. The Morgan fingerprint density at radius 1 is 1.47 bits per heavy atom. The SMILES string of the molecule is C[C@H](NC(=O)CSc1nnc(N)n1C1CC1)C1CC1. The number of hydrogen-bond donors (Lipinski definition) is 2. The van der Waals surface area contributed by atoms with Crippen molar-refractivity contribution in [2.24, 2.45) is 5.92 Å². The van der Waals surface area contributed by atoms with Gasteiger partial charge in [0.05, 0.1) is 5.75 Å². The van der Waals surface area contributed by atoms with Crippen molar-refractivity contribution in [2.75, 3.05) is 11.5 Å². The van der Waals surface area contributed by atoms with Crippen LogP contribution in [0.5, 0.6) is 0 Å². The van der Waals surface area contributed by atoms with Crippen LogP contribution in [0.1, 0.15) is 38.6 Å². The summed E-state index contributed by atoms with van der Waals surface area (Å²) in [6.45, 7) is 2.07. The third kappa shape index (κ3) is 3.02. The number of rotatable bonds is 6. The second-order valence-electron chi connectivity index (χ2n) is 5.42. The topological polar surface area (TPSA) is 85.8 Å². The molecule has 0 aromatic carbocycles. The molecular formula is C12H19N5OS. The van der Waals surface area contributed by atoms with Gasteiger partial charge in [-0.2, -0.15) is 0 Å². The van der Waals surface area contributed by atoms with Crippen molar-refractivity contribution in [3.8, 4) is 0 Å². The standard InChI is InChI=1S/C12H19N5OS/c1-7(8-2-3-8)14-10(18)6-19-12-16-15-11(13)17(12)9-4-5-9/h7-9H,2-6H2,1H3,(H2,13,15)(H,14,18)/t7-/m0/s1. The highest BCUT2D eigenvalue weighted by Gasteiger charge is 2.30. The first kappa shape index (κ1) is 12.8. The van der Waals surface area contributed by atoms with E-state index in [-0.39, 0.29) is 5.91 Å². The number of amides is 1. The maximum absolute atomic E-state index is 11.8. The maximum atomic E-state index is 11.8. The predicted octanol–water partition coefficient (Wildman–Crippen LogP) is 1.20. The number of nitrogens with two attached hydrogens (primary N) is 1. The lowest BCUT2D eigenvalue weighted by Gasteiger charge is -2.12. The molecule has 2 aliphatic rings. The van der Waals surface area contributed by atoms with E-state index >= 15 is 0 Å². The summed E-state index contributed by atoms with van der Waals surface area (Å²) in [6.07, 6.45) is 4.73. The van der Waals surface area contributed by atoms with Gasteiger partial charge in [0.2, 0.25) is 11.9 Å². The van der Waals surface area contributed by atoms with E-state index in [0.29, 0.717) is 29.7 Å². The highest BCUT2D eigenvalue weighted by molar-refractivity contribution is 7.99. The molecule has 0 saturated heterocycles. The molecule has 0 bridgehead atoms. The van der Waals surface area contributed by atoms with E-state index in [1.807, 2.05) is 4.57 Å². The fourth-order valence-electron chi connectivity index (χ4n) is 2.20. The number of anilines is 1. The molecule has 2 fully saturated rings. The average molecular weight is 281 g/mol. The van der Waals surface area contributed by atoms with Gasteiger partial charge in [-0.05, 0) is 38.5 Å². The molecule has 1 amide bonds. The van der Waals surface area contributed by atoms with Gasteiger partial charge < -0.3 is 11.1 Å². The molecule has 0 radical (unpaired) electrons. The summed E-state index contributed by atoms with van der Waals surface area (Å²) in [5.41, 5.74) is 5.79. The Morgan fingerprint density at radius 3 is 2.84 bits per heavy atom. The largest absolute Gasteiger partial charge is 0.368 e. The summed E-state index contributed by atoms with van der Waals surface area (Å²) in [7, 11) is 0. The van der Waals surface area contributed by atoms with Crippen LogP contribution < -0.4 is 11.1 Å². The Hall–Kier alpha value is -1.24. The Morgan fingerprint density at radius 2 is 2.21 bits per heavy atom. The minimum absolute atomic E-state index is 0.0633. The number of nitrogens with zero attached hydrogens (tertiary/aromatic N) is 3. The van der Waals surface area contributed by atoms with Crippen molar-refractivity contribution < 1.29 is 4.79 Å². The van der Waals surface area contributed by atoms with Gasteiger partial charge in [0, 0.05) is 12.1 Å². The number of carbonyl (C=O) groups excluding carboxylic acids is 1. The predicted molar refractivity (Wildman–Crippen MR) is 73.8 cm³/mol. The lowest BCUT2D eigenvalue weighted by atomic mass is 10.2. The Labute approximate surface area is 116 Å². The van der Waals surface area contributed by atoms with Gasteiger partial charge in [-0.3, -0.25) is 9.36 Å².